The fourth-order valence-corrected chi connectivity index (χ4v) is 3.29. The van der Waals surface area contributed by atoms with Gasteiger partial charge in [-0.2, -0.15) is 0 Å². The van der Waals surface area contributed by atoms with E-state index in [1.165, 1.54) is 30.5 Å². The van der Waals surface area contributed by atoms with Crippen LogP contribution >= 0.6 is 0 Å². The van der Waals surface area contributed by atoms with Crippen molar-refractivity contribution in [3.8, 4) is 0 Å². The Labute approximate surface area is 215 Å². The van der Waals surface area contributed by atoms with E-state index in [9.17, 15) is 0 Å². The number of hydrogen-bond donors (Lipinski definition) is 1. The highest BCUT2D eigenvalue weighted by atomic mass is 16.2. The van der Waals surface area contributed by atoms with E-state index in [1.54, 1.807) is 0 Å². The minimum atomic E-state index is 0.561. The van der Waals surface area contributed by atoms with Crippen molar-refractivity contribution in [1.82, 2.24) is 9.80 Å². The first-order chi connectivity index (χ1) is 16.5. The lowest BCUT2D eigenvalue weighted by Crippen LogP contribution is -2.34. The van der Waals surface area contributed by atoms with Gasteiger partial charge in [-0.15, -0.1) is 6.58 Å². The van der Waals surface area contributed by atoms with E-state index in [4.69, 9.17) is 5.11 Å². The number of rotatable bonds is 16. The summed E-state index contributed by atoms with van der Waals surface area (Å²) in [6.07, 6.45) is 9.30. The molecule has 0 spiro atoms. The van der Waals surface area contributed by atoms with E-state index in [1.807, 2.05) is 27.7 Å². The second-order valence-corrected chi connectivity index (χ2v) is 8.50. The van der Waals surface area contributed by atoms with Crippen LogP contribution in [0.2, 0.25) is 0 Å². The molecule has 0 heterocycles. The predicted molar refractivity (Wildman–Crippen MR) is 156 cm³/mol. The molecule has 3 nitrogen and oxygen atoms in total. The predicted octanol–water partition coefficient (Wildman–Crippen LogP) is 8.07. The first kappa shape index (κ1) is 37.0. The van der Waals surface area contributed by atoms with Crippen molar-refractivity contribution in [3.05, 3.63) is 60.8 Å². The Hall–Kier alpha value is -1.58. The zero-order chi connectivity index (χ0) is 26.8. The second-order valence-electron chi connectivity index (χ2n) is 8.50. The monoisotopic (exact) mass is 476 g/mol. The molecule has 0 aromatic heterocycles. The molecule has 0 saturated carbocycles. The third-order valence-electron chi connectivity index (χ3n) is 5.94. The maximum Gasteiger partial charge on any atom is 0.0319 e. The molecule has 1 rings (SSSR count). The minimum absolute atomic E-state index is 0.561. The molecule has 0 aliphatic rings. The van der Waals surface area contributed by atoms with Gasteiger partial charge in [-0.05, 0) is 50.1 Å². The number of aliphatic hydroxyl groups excluding tert-OH is 1. The number of benzene rings is 1. The van der Waals surface area contributed by atoms with Gasteiger partial charge in [0, 0.05) is 39.0 Å². The quantitative estimate of drug-likeness (QED) is 0.244. The maximum atomic E-state index is 7.00. The van der Waals surface area contributed by atoms with E-state index >= 15 is 0 Å². The van der Waals surface area contributed by atoms with Gasteiger partial charge in [0.15, 0.2) is 0 Å². The number of aliphatic hydroxyl groups is 1. The third kappa shape index (κ3) is 21.0. The second kappa shape index (κ2) is 27.7. The van der Waals surface area contributed by atoms with Crippen molar-refractivity contribution in [2.45, 2.75) is 87.0 Å². The Morgan fingerprint density at radius 2 is 1.53 bits per heavy atom. The maximum absolute atomic E-state index is 7.00. The van der Waals surface area contributed by atoms with Gasteiger partial charge in [-0.1, -0.05) is 104 Å². The zero-order valence-electron chi connectivity index (χ0n) is 24.4. The molecule has 200 valence electrons. The van der Waals surface area contributed by atoms with Gasteiger partial charge in [-0.25, -0.2) is 0 Å². The molecule has 0 amide bonds. The summed E-state index contributed by atoms with van der Waals surface area (Å²) in [6, 6.07) is 10.8. The summed E-state index contributed by atoms with van der Waals surface area (Å²) in [5.41, 5.74) is 2.73. The Kier molecular flexibility index (Phi) is 30.1. The minimum Gasteiger partial charge on any atom is -0.400 e. The van der Waals surface area contributed by atoms with Crippen LogP contribution in [0.1, 0.15) is 86.1 Å². The molecular formula is C31H60N2O. The lowest BCUT2D eigenvalue weighted by atomic mass is 10.0. The van der Waals surface area contributed by atoms with Gasteiger partial charge in [0.2, 0.25) is 0 Å². The summed E-state index contributed by atoms with van der Waals surface area (Å²) in [6.45, 7) is 27.6. The van der Waals surface area contributed by atoms with Crippen LogP contribution in [0.4, 0.5) is 0 Å². The van der Waals surface area contributed by atoms with Gasteiger partial charge < -0.3 is 14.9 Å². The molecule has 0 saturated heterocycles. The zero-order valence-corrected chi connectivity index (χ0v) is 24.4. The molecule has 1 aromatic rings. The van der Waals surface area contributed by atoms with Crippen LogP contribution < -0.4 is 0 Å². The molecule has 0 aliphatic heterocycles. The molecule has 0 fully saturated rings. The van der Waals surface area contributed by atoms with Crippen molar-refractivity contribution in [2.75, 3.05) is 40.3 Å². The lowest BCUT2D eigenvalue weighted by Gasteiger charge is -2.30. The van der Waals surface area contributed by atoms with Crippen LogP contribution in [0.25, 0.3) is 0 Å². The summed E-state index contributed by atoms with van der Waals surface area (Å²) < 4.78 is 0. The molecule has 1 aromatic carbocycles. The SMILES string of the molecule is C=C[C@@H](C)CCN(CCN(C)CCc1ccccc1)C(=C)CCC[C@@H](C)CC.CC.CC.CO. The van der Waals surface area contributed by atoms with Crippen LogP contribution in [-0.2, 0) is 6.42 Å². The van der Waals surface area contributed by atoms with Crippen molar-refractivity contribution in [1.29, 1.82) is 0 Å². The highest BCUT2D eigenvalue weighted by Gasteiger charge is 2.11. The highest BCUT2D eigenvalue weighted by molar-refractivity contribution is 5.14. The van der Waals surface area contributed by atoms with Crippen molar-refractivity contribution < 1.29 is 5.11 Å². The number of likely N-dealkylation sites (N-methyl/N-ethyl adjacent to an activating group) is 1. The molecule has 0 radical (unpaired) electrons. The van der Waals surface area contributed by atoms with Gasteiger partial charge in [-0.3, -0.25) is 0 Å². The third-order valence-corrected chi connectivity index (χ3v) is 5.94. The van der Waals surface area contributed by atoms with Gasteiger partial charge >= 0.3 is 0 Å². The topological polar surface area (TPSA) is 26.7 Å². The van der Waals surface area contributed by atoms with Crippen LogP contribution in [0.5, 0.6) is 0 Å². The average Bonchev–Trinajstić information content (AvgIpc) is 2.91. The van der Waals surface area contributed by atoms with Crippen molar-refractivity contribution >= 4 is 0 Å². The molecule has 2 atom stereocenters. The normalized spacial score (nSPS) is 11.5. The van der Waals surface area contributed by atoms with E-state index in [2.05, 4.69) is 87.2 Å². The Bertz CT molecular complexity index is 544. The van der Waals surface area contributed by atoms with Crippen LogP contribution in [0, 0.1) is 11.8 Å². The standard InChI is InChI=1S/C26H44N2.2C2H6.CH4O/c1-7-23(3)13-12-14-25(5)28(20-17-24(4)8-2)22-21-27(6)19-18-26-15-10-9-11-16-26;3*1-2/h8-11,15-16,23-24H,2,5,7,12-14,17-22H2,1,3-4,6H3;2*1-2H3;2H,1H3/t23-,24+;;;/m0.../s1. The smallest absolute Gasteiger partial charge is 0.0319 e. The van der Waals surface area contributed by atoms with E-state index in [-0.39, 0.29) is 0 Å². The molecule has 3 heteroatoms. The first-order valence-corrected chi connectivity index (χ1v) is 13.7. The Balaban J connectivity index is -0.00000148. The largest absolute Gasteiger partial charge is 0.400 e. The number of allylic oxidation sites excluding steroid dienone is 2. The van der Waals surface area contributed by atoms with E-state index in [0.29, 0.717) is 5.92 Å². The van der Waals surface area contributed by atoms with Crippen LogP contribution in [-0.4, -0.2) is 55.2 Å². The number of hydrogen-bond acceptors (Lipinski definition) is 3. The van der Waals surface area contributed by atoms with Crippen molar-refractivity contribution in [3.63, 3.8) is 0 Å². The fourth-order valence-electron chi connectivity index (χ4n) is 3.29. The molecule has 0 unspecified atom stereocenters. The summed E-state index contributed by atoms with van der Waals surface area (Å²) in [7, 11) is 3.24. The summed E-state index contributed by atoms with van der Waals surface area (Å²) in [5.74, 6) is 1.39. The summed E-state index contributed by atoms with van der Waals surface area (Å²) >= 11 is 0. The van der Waals surface area contributed by atoms with Gasteiger partial charge in [0.1, 0.15) is 0 Å². The molecule has 34 heavy (non-hydrogen) atoms. The molecule has 1 N–H and O–H groups in total. The Morgan fingerprint density at radius 1 is 0.941 bits per heavy atom. The summed E-state index contributed by atoms with van der Waals surface area (Å²) in [5, 5.41) is 7.00. The molecule has 0 aliphatic carbocycles. The van der Waals surface area contributed by atoms with Gasteiger partial charge in [0.25, 0.3) is 0 Å². The molecule has 0 bridgehead atoms. The van der Waals surface area contributed by atoms with Crippen molar-refractivity contribution in [2.24, 2.45) is 11.8 Å². The van der Waals surface area contributed by atoms with Crippen LogP contribution in [0.3, 0.4) is 0 Å². The highest BCUT2D eigenvalue weighted by Crippen LogP contribution is 2.18. The van der Waals surface area contributed by atoms with Crippen LogP contribution in [0.15, 0.2) is 55.3 Å². The molecular weight excluding hydrogens is 416 g/mol. The average molecular weight is 477 g/mol. The van der Waals surface area contributed by atoms with E-state index in [0.717, 1.165) is 58.5 Å². The van der Waals surface area contributed by atoms with Gasteiger partial charge in [0.05, 0.1) is 0 Å². The fraction of sp³-hybridized carbons (Fsp3) is 0.677. The lowest BCUT2D eigenvalue weighted by molar-refractivity contribution is 0.251. The van der Waals surface area contributed by atoms with E-state index < -0.39 is 0 Å². The summed E-state index contributed by atoms with van der Waals surface area (Å²) in [4.78, 5) is 4.97. The number of nitrogens with zero attached hydrogens (tertiary/aromatic N) is 2. The first-order valence-electron chi connectivity index (χ1n) is 13.7. The Morgan fingerprint density at radius 3 is 2.06 bits per heavy atom.